The van der Waals surface area contributed by atoms with Crippen LogP contribution in [0.3, 0.4) is 0 Å². The number of aryl methyl sites for hydroxylation is 3. The minimum Gasteiger partial charge on any atom is -0.312 e. The Balaban J connectivity index is 0.00000121. The molecule has 0 N–H and O–H groups in total. The van der Waals surface area contributed by atoms with Gasteiger partial charge >= 0.3 is 0 Å². The van der Waals surface area contributed by atoms with Crippen molar-refractivity contribution >= 4 is 6.29 Å². The van der Waals surface area contributed by atoms with Crippen molar-refractivity contribution in [1.82, 2.24) is 0 Å². The molecule has 1 radical (unpaired) electrons. The Morgan fingerprint density at radius 3 is 2.33 bits per heavy atom. The predicted octanol–water partition coefficient (Wildman–Crippen LogP) is 2.22. The number of aldehydes is 1. The Kier molecular flexibility index (Phi) is 4.29. The van der Waals surface area contributed by atoms with Gasteiger partial charge in [0.05, 0.1) is 6.29 Å². The first-order valence-electron chi connectivity index (χ1n) is 3.60. The molecule has 1 nitrogen and oxygen atoms in total. The van der Waals surface area contributed by atoms with E-state index in [0.29, 0.717) is 0 Å². The fourth-order valence-corrected chi connectivity index (χ4v) is 1.28. The molecule has 1 aromatic carbocycles. The molecule has 0 heterocycles. The predicted molar refractivity (Wildman–Crippen MR) is 44.9 cm³/mol. The van der Waals surface area contributed by atoms with Gasteiger partial charge in [-0.25, -0.2) is 0 Å². The maximum atomic E-state index is 10.5. The third-order valence-corrected chi connectivity index (χ3v) is 1.76. The van der Waals surface area contributed by atoms with Crippen LogP contribution in [-0.4, -0.2) is 6.29 Å². The molecule has 0 saturated carbocycles. The van der Waals surface area contributed by atoms with Gasteiger partial charge in [-0.2, -0.15) is 28.8 Å². The summed E-state index contributed by atoms with van der Waals surface area (Å²) in [6.45, 7) is 5.83. The van der Waals surface area contributed by atoms with Crippen LogP contribution >= 0.6 is 0 Å². The maximum Gasteiger partial charge on any atom is 0.0955 e. The third-order valence-electron chi connectivity index (χ3n) is 1.76. The van der Waals surface area contributed by atoms with Crippen molar-refractivity contribution in [2.24, 2.45) is 0 Å². The van der Waals surface area contributed by atoms with Crippen LogP contribution < -0.4 is 0 Å². The van der Waals surface area contributed by atoms with E-state index >= 15 is 0 Å². The summed E-state index contributed by atoms with van der Waals surface area (Å²) in [5.41, 5.74) is 3.84. The van der Waals surface area contributed by atoms with Crippen LogP contribution in [0.25, 0.3) is 0 Å². The Labute approximate surface area is 85.1 Å². The van der Waals surface area contributed by atoms with Crippen LogP contribution in [0, 0.1) is 26.8 Å². The Hall–Kier alpha value is -0.526. The summed E-state index contributed by atoms with van der Waals surface area (Å²) in [6.07, 6.45) is 0.889. The number of hydrogen-bond acceptors (Lipinski definition) is 1. The topological polar surface area (TPSA) is 17.1 Å². The molecule has 63 valence electrons. The summed E-state index contributed by atoms with van der Waals surface area (Å²) in [4.78, 5) is 10.5. The van der Waals surface area contributed by atoms with Crippen molar-refractivity contribution in [1.29, 1.82) is 0 Å². The van der Waals surface area contributed by atoms with E-state index < -0.39 is 0 Å². The largest absolute Gasteiger partial charge is 0.312 e. The van der Waals surface area contributed by atoms with Crippen LogP contribution in [0.2, 0.25) is 0 Å². The molecule has 0 aliphatic carbocycles. The van der Waals surface area contributed by atoms with Crippen molar-refractivity contribution in [3.63, 3.8) is 0 Å². The van der Waals surface area contributed by atoms with Crippen molar-refractivity contribution in [2.75, 3.05) is 0 Å². The van der Waals surface area contributed by atoms with Crippen molar-refractivity contribution in [3.05, 3.63) is 34.4 Å². The summed E-state index contributed by atoms with van der Waals surface area (Å²) in [5.74, 6) is 0. The van der Waals surface area contributed by atoms with Gasteiger partial charge in [-0.05, 0) is 0 Å². The Morgan fingerprint density at radius 1 is 1.33 bits per heavy atom. The van der Waals surface area contributed by atoms with Crippen LogP contribution in [0.1, 0.15) is 27.0 Å². The standard InChI is InChI=1S/C10H11O.V/c1-7-4-8(2)10(6-11)9(3)5-7;/h4,6H,1-3H3;/q-1;. The molecule has 0 bridgehead atoms. The molecule has 1 aromatic rings. The van der Waals surface area contributed by atoms with Crippen LogP contribution in [0.4, 0.5) is 0 Å². The van der Waals surface area contributed by atoms with Crippen molar-refractivity contribution in [3.8, 4) is 0 Å². The summed E-state index contributed by atoms with van der Waals surface area (Å²) in [6, 6.07) is 5.07. The monoisotopic (exact) mass is 198 g/mol. The first-order valence-corrected chi connectivity index (χ1v) is 3.60. The van der Waals surface area contributed by atoms with E-state index in [-0.39, 0.29) is 18.6 Å². The normalized spacial score (nSPS) is 8.92. The van der Waals surface area contributed by atoms with E-state index in [1.54, 1.807) is 0 Å². The summed E-state index contributed by atoms with van der Waals surface area (Å²) in [7, 11) is 0. The van der Waals surface area contributed by atoms with Crippen molar-refractivity contribution in [2.45, 2.75) is 20.8 Å². The molecular formula is C10H11OV-. The van der Waals surface area contributed by atoms with Crippen molar-refractivity contribution < 1.29 is 23.4 Å². The summed E-state index contributed by atoms with van der Waals surface area (Å²) < 4.78 is 0. The molecular weight excluding hydrogens is 187 g/mol. The number of carbonyl (C=O) groups is 1. The van der Waals surface area contributed by atoms with Gasteiger partial charge in [0.2, 0.25) is 0 Å². The molecule has 0 unspecified atom stereocenters. The molecule has 2 heteroatoms. The SMILES string of the molecule is Cc1[c-]c(C)c(C=O)c(C)c1.[V]. The van der Waals surface area contributed by atoms with Gasteiger partial charge in [-0.3, -0.25) is 0 Å². The molecule has 0 amide bonds. The number of hydrogen-bond donors (Lipinski definition) is 0. The Morgan fingerprint density at radius 2 is 1.92 bits per heavy atom. The molecule has 0 spiro atoms. The van der Waals surface area contributed by atoms with E-state index in [9.17, 15) is 4.79 Å². The fraction of sp³-hybridized carbons (Fsp3) is 0.300. The third kappa shape index (κ3) is 2.23. The molecule has 0 aliphatic rings. The first kappa shape index (κ1) is 11.5. The fourth-order valence-electron chi connectivity index (χ4n) is 1.28. The minimum absolute atomic E-state index is 0. The molecule has 1 rings (SSSR count). The minimum atomic E-state index is 0. The first-order chi connectivity index (χ1) is 5.15. The van der Waals surface area contributed by atoms with Gasteiger partial charge in [0.15, 0.2) is 0 Å². The summed E-state index contributed by atoms with van der Waals surface area (Å²) in [5, 5.41) is 0. The van der Waals surface area contributed by atoms with Gasteiger partial charge in [-0.15, -0.1) is 0 Å². The second kappa shape index (κ2) is 4.49. The van der Waals surface area contributed by atoms with Gasteiger partial charge in [0.1, 0.15) is 0 Å². The second-order valence-corrected chi connectivity index (χ2v) is 2.79. The molecule has 0 aromatic heterocycles. The zero-order chi connectivity index (χ0) is 8.43. The average Bonchev–Trinajstić information content (AvgIpc) is 1.85. The maximum absolute atomic E-state index is 10.5. The molecule has 12 heavy (non-hydrogen) atoms. The van der Waals surface area contributed by atoms with Gasteiger partial charge in [0, 0.05) is 18.6 Å². The second-order valence-electron chi connectivity index (χ2n) is 2.79. The molecule has 0 atom stereocenters. The molecule has 0 saturated heterocycles. The van der Waals surface area contributed by atoms with E-state index in [0.717, 1.165) is 28.5 Å². The van der Waals surface area contributed by atoms with Gasteiger partial charge in [0.25, 0.3) is 0 Å². The number of benzene rings is 1. The van der Waals surface area contributed by atoms with E-state index in [1.807, 2.05) is 26.8 Å². The molecule has 0 aliphatic heterocycles. The number of carbonyl (C=O) groups excluding carboxylic acids is 1. The van der Waals surface area contributed by atoms with E-state index in [1.165, 1.54) is 0 Å². The molecule has 0 fully saturated rings. The smallest absolute Gasteiger partial charge is 0.0955 e. The van der Waals surface area contributed by atoms with Crippen LogP contribution in [0.5, 0.6) is 0 Å². The average molecular weight is 198 g/mol. The number of rotatable bonds is 1. The zero-order valence-corrected chi connectivity index (χ0v) is 8.91. The summed E-state index contributed by atoms with van der Waals surface area (Å²) >= 11 is 0. The van der Waals surface area contributed by atoms with E-state index in [2.05, 4.69) is 6.07 Å². The van der Waals surface area contributed by atoms with E-state index in [4.69, 9.17) is 0 Å². The van der Waals surface area contributed by atoms with Crippen LogP contribution in [-0.2, 0) is 18.6 Å². The van der Waals surface area contributed by atoms with Gasteiger partial charge in [-0.1, -0.05) is 26.3 Å². The van der Waals surface area contributed by atoms with Gasteiger partial charge < -0.3 is 4.79 Å². The Bertz CT molecular complexity index is 269. The van der Waals surface area contributed by atoms with Crippen LogP contribution in [0.15, 0.2) is 6.07 Å². The zero-order valence-electron chi connectivity index (χ0n) is 7.51. The quantitative estimate of drug-likeness (QED) is 0.499.